The number of nitrogens with one attached hydrogen (secondary N) is 1. The first-order valence-corrected chi connectivity index (χ1v) is 11.4. The molecule has 2 heterocycles. The molecular formula is C24H38N4O2. The predicted molar refractivity (Wildman–Crippen MR) is 120 cm³/mol. The Balaban J connectivity index is 1.78. The van der Waals surface area contributed by atoms with Gasteiger partial charge in [-0.15, -0.1) is 0 Å². The fourth-order valence-corrected chi connectivity index (χ4v) is 4.76. The van der Waals surface area contributed by atoms with Crippen molar-refractivity contribution in [2.24, 2.45) is 5.92 Å². The van der Waals surface area contributed by atoms with Crippen LogP contribution in [0.2, 0.25) is 0 Å². The summed E-state index contributed by atoms with van der Waals surface area (Å²) in [5.74, 6) is 0.646. The molecule has 2 fully saturated rings. The first kappa shape index (κ1) is 22.8. The summed E-state index contributed by atoms with van der Waals surface area (Å²) in [6.07, 6.45) is 1.69. The van der Waals surface area contributed by atoms with Gasteiger partial charge in [-0.3, -0.25) is 14.5 Å². The molecule has 0 bridgehead atoms. The van der Waals surface area contributed by atoms with Crippen LogP contribution in [0, 0.1) is 12.8 Å². The molecule has 6 heteroatoms. The molecular weight excluding hydrogens is 376 g/mol. The van der Waals surface area contributed by atoms with E-state index in [2.05, 4.69) is 55.3 Å². The van der Waals surface area contributed by atoms with Gasteiger partial charge in [0.05, 0.1) is 0 Å². The van der Waals surface area contributed by atoms with Gasteiger partial charge in [0.1, 0.15) is 6.04 Å². The lowest BCUT2D eigenvalue weighted by Crippen LogP contribution is -2.48. The Morgan fingerprint density at radius 3 is 2.67 bits per heavy atom. The van der Waals surface area contributed by atoms with Crippen LogP contribution in [0.15, 0.2) is 24.3 Å². The molecule has 2 amide bonds. The molecule has 6 nitrogen and oxygen atoms in total. The van der Waals surface area contributed by atoms with Crippen LogP contribution in [0.25, 0.3) is 0 Å². The highest BCUT2D eigenvalue weighted by Crippen LogP contribution is 2.27. The lowest BCUT2D eigenvalue weighted by molar-refractivity contribution is -0.142. The molecule has 1 aromatic carbocycles. The average Bonchev–Trinajstić information content (AvgIpc) is 2.97. The summed E-state index contributed by atoms with van der Waals surface area (Å²) in [7, 11) is 0. The maximum atomic E-state index is 13.4. The summed E-state index contributed by atoms with van der Waals surface area (Å²) < 4.78 is 0. The van der Waals surface area contributed by atoms with Crippen molar-refractivity contribution < 1.29 is 9.59 Å². The van der Waals surface area contributed by atoms with Crippen molar-refractivity contribution in [2.45, 2.75) is 59.2 Å². The van der Waals surface area contributed by atoms with Crippen LogP contribution >= 0.6 is 0 Å². The number of nitrogens with zero attached hydrogens (tertiary/aromatic N) is 3. The van der Waals surface area contributed by atoms with Crippen molar-refractivity contribution in [1.82, 2.24) is 20.0 Å². The van der Waals surface area contributed by atoms with Gasteiger partial charge in [-0.2, -0.15) is 0 Å². The van der Waals surface area contributed by atoms with Gasteiger partial charge < -0.3 is 15.1 Å². The summed E-state index contributed by atoms with van der Waals surface area (Å²) in [5.41, 5.74) is 2.61. The van der Waals surface area contributed by atoms with Crippen LogP contribution in [0.5, 0.6) is 0 Å². The van der Waals surface area contributed by atoms with Gasteiger partial charge in [0.15, 0.2) is 0 Å². The zero-order chi connectivity index (χ0) is 21.7. The van der Waals surface area contributed by atoms with Crippen LogP contribution in [-0.2, 0) is 16.1 Å². The topological polar surface area (TPSA) is 55.9 Å². The Morgan fingerprint density at radius 2 is 1.97 bits per heavy atom. The minimum absolute atomic E-state index is 0.00388. The Labute approximate surface area is 181 Å². The largest absolute Gasteiger partial charge is 0.340 e. The fourth-order valence-electron chi connectivity index (χ4n) is 4.76. The standard InChI is InChI=1S/C24H38N4O2/c1-18(2)15-27(16-21-9-6-5-8-19(21)3)22-14-23(28(17-22)20(4)29)24(30)26-12-7-10-25-11-13-26/h5-6,8-9,18,22-23,25H,7,10-17H2,1-4H3. The van der Waals surface area contributed by atoms with Crippen molar-refractivity contribution >= 4 is 11.8 Å². The maximum Gasteiger partial charge on any atom is 0.245 e. The van der Waals surface area contributed by atoms with Crippen LogP contribution in [0.1, 0.15) is 44.7 Å². The third kappa shape index (κ3) is 5.61. The van der Waals surface area contributed by atoms with Gasteiger partial charge in [0.2, 0.25) is 11.8 Å². The Kier molecular flexibility index (Phi) is 7.89. The van der Waals surface area contributed by atoms with E-state index in [1.165, 1.54) is 11.1 Å². The summed E-state index contributed by atoms with van der Waals surface area (Å²) in [4.78, 5) is 32.1. The van der Waals surface area contributed by atoms with Gasteiger partial charge in [-0.05, 0) is 43.4 Å². The first-order valence-electron chi connectivity index (χ1n) is 11.4. The van der Waals surface area contributed by atoms with E-state index in [-0.39, 0.29) is 23.9 Å². The zero-order valence-corrected chi connectivity index (χ0v) is 19.1. The number of likely N-dealkylation sites (tertiary alicyclic amines) is 1. The molecule has 1 aromatic rings. The molecule has 0 spiro atoms. The second-order valence-electron chi connectivity index (χ2n) is 9.26. The second kappa shape index (κ2) is 10.4. The molecule has 2 atom stereocenters. The highest BCUT2D eigenvalue weighted by Gasteiger charge is 2.42. The molecule has 0 saturated carbocycles. The number of amides is 2. The third-order valence-corrected chi connectivity index (χ3v) is 6.37. The van der Waals surface area contributed by atoms with E-state index in [0.717, 1.165) is 52.1 Å². The molecule has 1 N–H and O–H groups in total. The number of carbonyl (C=O) groups excluding carboxylic acids is 2. The number of rotatable bonds is 6. The molecule has 2 aliphatic rings. The third-order valence-electron chi connectivity index (χ3n) is 6.37. The number of aryl methyl sites for hydroxylation is 1. The highest BCUT2D eigenvalue weighted by molar-refractivity contribution is 5.87. The van der Waals surface area contributed by atoms with E-state index in [0.29, 0.717) is 12.5 Å². The second-order valence-corrected chi connectivity index (χ2v) is 9.26. The van der Waals surface area contributed by atoms with Crippen LogP contribution in [0.4, 0.5) is 0 Å². The predicted octanol–water partition coefficient (Wildman–Crippen LogP) is 2.26. The summed E-state index contributed by atoms with van der Waals surface area (Å²) in [5, 5.41) is 3.36. The van der Waals surface area contributed by atoms with E-state index in [1.54, 1.807) is 6.92 Å². The SMILES string of the molecule is CC(=O)N1CC(N(Cc2ccccc2C)CC(C)C)CC1C(=O)N1CCCNCC1. The van der Waals surface area contributed by atoms with Gasteiger partial charge in [-0.25, -0.2) is 0 Å². The molecule has 2 aliphatic heterocycles. The first-order chi connectivity index (χ1) is 14.4. The normalized spacial score (nSPS) is 22.6. The van der Waals surface area contributed by atoms with E-state index < -0.39 is 0 Å². The van der Waals surface area contributed by atoms with Crippen molar-refractivity contribution in [2.75, 3.05) is 39.3 Å². The van der Waals surface area contributed by atoms with Crippen molar-refractivity contribution in [3.05, 3.63) is 35.4 Å². The summed E-state index contributed by atoms with van der Waals surface area (Å²) >= 11 is 0. The van der Waals surface area contributed by atoms with Gasteiger partial charge in [-0.1, -0.05) is 38.1 Å². The Hall–Kier alpha value is -1.92. The Bertz CT molecular complexity index is 728. The van der Waals surface area contributed by atoms with Gasteiger partial charge in [0, 0.05) is 52.2 Å². The van der Waals surface area contributed by atoms with Crippen molar-refractivity contribution in [1.29, 1.82) is 0 Å². The fraction of sp³-hybridized carbons (Fsp3) is 0.667. The molecule has 3 rings (SSSR count). The number of hydrogen-bond acceptors (Lipinski definition) is 4. The molecule has 30 heavy (non-hydrogen) atoms. The zero-order valence-electron chi connectivity index (χ0n) is 19.1. The minimum Gasteiger partial charge on any atom is -0.340 e. The lowest BCUT2D eigenvalue weighted by Gasteiger charge is -2.31. The van der Waals surface area contributed by atoms with E-state index in [1.807, 2.05) is 9.80 Å². The van der Waals surface area contributed by atoms with E-state index in [4.69, 9.17) is 0 Å². The number of hydrogen-bond donors (Lipinski definition) is 1. The average molecular weight is 415 g/mol. The molecule has 0 aliphatic carbocycles. The smallest absolute Gasteiger partial charge is 0.245 e. The summed E-state index contributed by atoms with van der Waals surface area (Å²) in [6, 6.07) is 8.37. The van der Waals surface area contributed by atoms with E-state index >= 15 is 0 Å². The number of benzene rings is 1. The van der Waals surface area contributed by atoms with E-state index in [9.17, 15) is 9.59 Å². The van der Waals surface area contributed by atoms with Crippen molar-refractivity contribution in [3.8, 4) is 0 Å². The molecule has 0 aromatic heterocycles. The Morgan fingerprint density at radius 1 is 1.20 bits per heavy atom. The summed E-state index contributed by atoms with van der Waals surface area (Å²) in [6.45, 7) is 13.9. The maximum absolute atomic E-state index is 13.4. The van der Waals surface area contributed by atoms with Gasteiger partial charge >= 0.3 is 0 Å². The number of carbonyl (C=O) groups is 2. The van der Waals surface area contributed by atoms with Crippen LogP contribution in [-0.4, -0.2) is 77.9 Å². The molecule has 2 saturated heterocycles. The molecule has 166 valence electrons. The monoisotopic (exact) mass is 414 g/mol. The molecule has 2 unspecified atom stereocenters. The van der Waals surface area contributed by atoms with Crippen LogP contribution in [0.3, 0.4) is 0 Å². The molecule has 0 radical (unpaired) electrons. The van der Waals surface area contributed by atoms with Crippen molar-refractivity contribution in [3.63, 3.8) is 0 Å². The van der Waals surface area contributed by atoms with Crippen LogP contribution < -0.4 is 5.32 Å². The minimum atomic E-state index is -0.336. The van der Waals surface area contributed by atoms with Gasteiger partial charge in [0.25, 0.3) is 0 Å². The lowest BCUT2D eigenvalue weighted by atomic mass is 10.0. The highest BCUT2D eigenvalue weighted by atomic mass is 16.2. The quantitative estimate of drug-likeness (QED) is 0.776.